The summed E-state index contributed by atoms with van der Waals surface area (Å²) >= 11 is 3.32. The predicted molar refractivity (Wildman–Crippen MR) is 54.3 cm³/mol. The molecule has 2 heteroatoms. The maximum Gasteiger partial charge on any atom is 0.0528 e. The first-order chi connectivity index (χ1) is 5.84. The lowest BCUT2D eigenvalue weighted by Gasteiger charge is -1.93. The van der Waals surface area contributed by atoms with Crippen LogP contribution in [0.25, 0.3) is 0 Å². The molecule has 0 aliphatic rings. The van der Waals surface area contributed by atoms with Gasteiger partial charge in [0.2, 0.25) is 0 Å². The van der Waals surface area contributed by atoms with Crippen LogP contribution >= 0.6 is 15.9 Å². The lowest BCUT2D eigenvalue weighted by molar-refractivity contribution is 1.18. The molecule has 0 unspecified atom stereocenters. The van der Waals surface area contributed by atoms with E-state index in [2.05, 4.69) is 32.8 Å². The van der Waals surface area contributed by atoms with Crippen LogP contribution in [0.4, 0.5) is 0 Å². The molecule has 12 heavy (non-hydrogen) atoms. The number of aryl methyl sites for hydroxylation is 1. The van der Waals surface area contributed by atoms with E-state index in [-0.39, 0.29) is 0 Å². The van der Waals surface area contributed by atoms with Crippen LogP contribution < -0.4 is 0 Å². The maximum atomic E-state index is 4.14. The van der Waals surface area contributed by atoms with Gasteiger partial charge < -0.3 is 0 Å². The van der Waals surface area contributed by atoms with Crippen molar-refractivity contribution < 1.29 is 0 Å². The van der Waals surface area contributed by atoms with Crippen LogP contribution in [0.15, 0.2) is 18.3 Å². The van der Waals surface area contributed by atoms with E-state index in [4.69, 9.17) is 0 Å². The fraction of sp³-hybridized carbons (Fsp3) is 0.300. The van der Waals surface area contributed by atoms with Crippen LogP contribution in [0, 0.1) is 18.8 Å². The molecule has 1 rings (SSSR count). The van der Waals surface area contributed by atoms with Gasteiger partial charge in [-0.3, -0.25) is 4.98 Å². The van der Waals surface area contributed by atoms with Gasteiger partial charge in [0.25, 0.3) is 0 Å². The van der Waals surface area contributed by atoms with Crippen molar-refractivity contribution in [3.63, 3.8) is 0 Å². The Morgan fingerprint density at radius 2 is 2.42 bits per heavy atom. The zero-order chi connectivity index (χ0) is 8.81. The van der Waals surface area contributed by atoms with Gasteiger partial charge in [-0.05, 0) is 19.1 Å². The number of halogens is 1. The summed E-state index contributed by atoms with van der Waals surface area (Å²) in [5, 5.41) is 0.930. The molecule has 1 heterocycles. The minimum atomic E-state index is 0.883. The molecule has 1 aromatic rings. The number of hydrogen-bond donors (Lipinski definition) is 0. The van der Waals surface area contributed by atoms with Crippen molar-refractivity contribution in [2.24, 2.45) is 0 Å². The average Bonchev–Trinajstić information content (AvgIpc) is 2.09. The van der Waals surface area contributed by atoms with E-state index in [9.17, 15) is 0 Å². The Morgan fingerprint density at radius 3 is 3.08 bits per heavy atom. The van der Waals surface area contributed by atoms with Gasteiger partial charge in [-0.2, -0.15) is 0 Å². The van der Waals surface area contributed by atoms with Gasteiger partial charge in [-0.25, -0.2) is 0 Å². The van der Waals surface area contributed by atoms with E-state index in [1.165, 1.54) is 0 Å². The Morgan fingerprint density at radius 1 is 1.58 bits per heavy atom. The Balaban J connectivity index is 2.77. The van der Waals surface area contributed by atoms with Gasteiger partial charge in [0.05, 0.1) is 5.69 Å². The van der Waals surface area contributed by atoms with Gasteiger partial charge in [0, 0.05) is 23.5 Å². The number of pyridine rings is 1. The first-order valence-corrected chi connectivity index (χ1v) is 4.93. The van der Waals surface area contributed by atoms with Crippen molar-refractivity contribution >= 4 is 15.9 Å². The molecule has 0 atom stereocenters. The summed E-state index contributed by atoms with van der Waals surface area (Å²) in [7, 11) is 0. The predicted octanol–water partition coefficient (Wildman–Crippen LogP) is 2.53. The summed E-state index contributed by atoms with van der Waals surface area (Å²) in [6, 6.07) is 3.90. The van der Waals surface area contributed by atoms with Crippen LogP contribution in [0.5, 0.6) is 0 Å². The van der Waals surface area contributed by atoms with E-state index < -0.39 is 0 Å². The molecular weight excluding hydrogens is 214 g/mol. The minimum Gasteiger partial charge on any atom is -0.260 e. The van der Waals surface area contributed by atoms with E-state index in [0.29, 0.717) is 0 Å². The van der Waals surface area contributed by atoms with Crippen LogP contribution in [0.1, 0.15) is 17.7 Å². The number of rotatable bonds is 1. The molecule has 62 valence electrons. The third kappa shape index (κ3) is 2.67. The van der Waals surface area contributed by atoms with Gasteiger partial charge in [-0.1, -0.05) is 27.8 Å². The molecule has 0 spiro atoms. The zero-order valence-electron chi connectivity index (χ0n) is 6.97. The zero-order valence-corrected chi connectivity index (χ0v) is 8.56. The molecule has 0 bridgehead atoms. The van der Waals surface area contributed by atoms with Crippen LogP contribution in [0.3, 0.4) is 0 Å². The third-order valence-corrected chi connectivity index (χ3v) is 1.85. The SMILES string of the molecule is Cc1ncccc1C#CCCBr. The first-order valence-electron chi connectivity index (χ1n) is 3.81. The van der Waals surface area contributed by atoms with Gasteiger partial charge in [0.15, 0.2) is 0 Å². The van der Waals surface area contributed by atoms with Gasteiger partial charge in [-0.15, -0.1) is 0 Å². The van der Waals surface area contributed by atoms with E-state index in [1.54, 1.807) is 6.20 Å². The summed E-state index contributed by atoms with van der Waals surface area (Å²) in [5.41, 5.74) is 2.03. The van der Waals surface area contributed by atoms with Crippen molar-refractivity contribution in [2.45, 2.75) is 13.3 Å². The molecule has 0 radical (unpaired) electrons. The fourth-order valence-corrected chi connectivity index (χ4v) is 1.02. The summed E-state index contributed by atoms with van der Waals surface area (Å²) in [5.74, 6) is 6.13. The second kappa shape index (κ2) is 4.95. The van der Waals surface area contributed by atoms with Crippen molar-refractivity contribution in [2.75, 3.05) is 5.33 Å². The summed E-state index contributed by atoms with van der Waals surface area (Å²) < 4.78 is 0. The number of alkyl halides is 1. The van der Waals surface area contributed by atoms with E-state index >= 15 is 0 Å². The highest BCUT2D eigenvalue weighted by Crippen LogP contribution is 2.00. The molecule has 0 N–H and O–H groups in total. The largest absolute Gasteiger partial charge is 0.260 e. The summed E-state index contributed by atoms with van der Waals surface area (Å²) in [6.07, 6.45) is 2.67. The highest BCUT2D eigenvalue weighted by Gasteiger charge is 1.90. The van der Waals surface area contributed by atoms with Crippen molar-refractivity contribution in [1.82, 2.24) is 4.98 Å². The smallest absolute Gasteiger partial charge is 0.0528 e. The third-order valence-electron chi connectivity index (χ3n) is 1.45. The van der Waals surface area contributed by atoms with Crippen molar-refractivity contribution in [3.05, 3.63) is 29.6 Å². The Kier molecular flexibility index (Phi) is 3.83. The maximum absolute atomic E-state index is 4.14. The average molecular weight is 224 g/mol. The van der Waals surface area contributed by atoms with Gasteiger partial charge >= 0.3 is 0 Å². The topological polar surface area (TPSA) is 12.9 Å². The Labute approximate surface area is 81.3 Å². The molecule has 0 aliphatic carbocycles. The molecule has 0 saturated heterocycles. The molecule has 1 nitrogen and oxygen atoms in total. The fourth-order valence-electron chi connectivity index (χ4n) is 0.821. The molecular formula is C10H10BrN. The summed E-state index contributed by atoms with van der Waals surface area (Å²) in [4.78, 5) is 4.14. The normalized spacial score (nSPS) is 8.83. The first kappa shape index (κ1) is 9.28. The van der Waals surface area contributed by atoms with Crippen molar-refractivity contribution in [1.29, 1.82) is 0 Å². The van der Waals surface area contributed by atoms with Crippen LogP contribution in [0.2, 0.25) is 0 Å². The minimum absolute atomic E-state index is 0.883. The number of nitrogens with zero attached hydrogens (tertiary/aromatic N) is 1. The van der Waals surface area contributed by atoms with Gasteiger partial charge in [0.1, 0.15) is 0 Å². The molecule has 0 aliphatic heterocycles. The monoisotopic (exact) mass is 223 g/mol. The molecule has 0 amide bonds. The molecule has 0 aromatic carbocycles. The molecule has 1 aromatic heterocycles. The van der Waals surface area contributed by atoms with Crippen molar-refractivity contribution in [3.8, 4) is 11.8 Å². The molecule has 0 saturated carbocycles. The lowest BCUT2D eigenvalue weighted by atomic mass is 10.2. The molecule has 0 fully saturated rings. The number of aromatic nitrogens is 1. The number of hydrogen-bond acceptors (Lipinski definition) is 1. The van der Waals surface area contributed by atoms with E-state index in [0.717, 1.165) is 23.0 Å². The Bertz CT molecular complexity index is 309. The summed E-state index contributed by atoms with van der Waals surface area (Å²) in [6.45, 7) is 1.97. The van der Waals surface area contributed by atoms with Crippen LogP contribution in [-0.4, -0.2) is 10.3 Å². The Hall–Kier alpha value is -0.810. The lowest BCUT2D eigenvalue weighted by Crippen LogP contribution is -1.84. The second-order valence-corrected chi connectivity index (χ2v) is 3.17. The standard InChI is InChI=1S/C10H10BrN/c1-9-10(5-2-3-7-11)6-4-8-12-9/h4,6,8H,3,7H2,1H3. The highest BCUT2D eigenvalue weighted by atomic mass is 79.9. The van der Waals surface area contributed by atoms with E-state index in [1.807, 2.05) is 19.1 Å². The van der Waals surface area contributed by atoms with Crippen LogP contribution in [-0.2, 0) is 0 Å². The highest BCUT2D eigenvalue weighted by molar-refractivity contribution is 9.09. The second-order valence-electron chi connectivity index (χ2n) is 2.38. The quantitative estimate of drug-likeness (QED) is 0.527.